The zero-order valence-electron chi connectivity index (χ0n) is 12.7. The van der Waals surface area contributed by atoms with Crippen LogP contribution in [0.2, 0.25) is 0 Å². The molecule has 1 aliphatic heterocycles. The van der Waals surface area contributed by atoms with Crippen molar-refractivity contribution < 1.29 is 22.8 Å². The molecule has 0 spiro atoms. The molecule has 1 heterocycles. The van der Waals surface area contributed by atoms with Crippen molar-refractivity contribution in [1.29, 1.82) is 0 Å². The Morgan fingerprint density at radius 1 is 1.25 bits per heavy atom. The molecule has 0 saturated carbocycles. The van der Waals surface area contributed by atoms with Crippen molar-refractivity contribution in [2.24, 2.45) is 0 Å². The minimum Gasteiger partial charge on any atom is -0.304 e. The molecule has 0 bridgehead atoms. The molecule has 24 heavy (non-hydrogen) atoms. The topological polar surface area (TPSA) is 37.4 Å². The van der Waals surface area contributed by atoms with E-state index < -0.39 is 18.0 Å². The van der Waals surface area contributed by atoms with Gasteiger partial charge in [-0.15, -0.1) is 11.6 Å². The highest BCUT2D eigenvalue weighted by Gasteiger charge is 2.46. The molecule has 1 amide bonds. The molecular weight excluding hydrogens is 343 g/mol. The Hall–Kier alpha value is -2.08. The number of rotatable bonds is 2. The van der Waals surface area contributed by atoms with Gasteiger partial charge in [-0.2, -0.15) is 13.2 Å². The van der Waals surface area contributed by atoms with Gasteiger partial charge in [-0.1, -0.05) is 18.2 Å². The minimum atomic E-state index is -4.95. The summed E-state index contributed by atoms with van der Waals surface area (Å²) >= 11 is 5.94. The minimum absolute atomic E-state index is 0.0814. The summed E-state index contributed by atoms with van der Waals surface area (Å²) in [5, 5.41) is 1.44. The van der Waals surface area contributed by atoms with Crippen LogP contribution >= 0.6 is 11.6 Å². The van der Waals surface area contributed by atoms with Gasteiger partial charge in [-0.05, 0) is 35.4 Å². The van der Waals surface area contributed by atoms with Crippen molar-refractivity contribution in [3.8, 4) is 0 Å². The summed E-state index contributed by atoms with van der Waals surface area (Å²) in [4.78, 5) is 24.0. The fourth-order valence-corrected chi connectivity index (χ4v) is 3.35. The standard InChI is InChI=1S/C17H13ClF3NO2/c1-9(23)11-3-2-10-4-5-14-15(13(10)6-11)12(7-18)8-22(14)16(24)17(19,20)21/h2-6,12H,7-8H2,1H3. The number of ketones is 1. The van der Waals surface area contributed by atoms with E-state index in [9.17, 15) is 22.8 Å². The number of fused-ring (bicyclic) bond motifs is 3. The first kappa shape index (κ1) is 16.8. The van der Waals surface area contributed by atoms with Gasteiger partial charge in [0.05, 0.1) is 0 Å². The molecule has 1 atom stereocenters. The highest BCUT2D eigenvalue weighted by molar-refractivity contribution is 6.19. The molecule has 2 aromatic rings. The van der Waals surface area contributed by atoms with Crippen molar-refractivity contribution in [2.45, 2.75) is 19.0 Å². The van der Waals surface area contributed by atoms with E-state index in [1.807, 2.05) is 0 Å². The molecule has 7 heteroatoms. The van der Waals surface area contributed by atoms with Gasteiger partial charge >= 0.3 is 12.1 Å². The van der Waals surface area contributed by atoms with E-state index in [1.165, 1.54) is 13.0 Å². The fraction of sp³-hybridized carbons (Fsp3) is 0.294. The van der Waals surface area contributed by atoms with Crippen LogP contribution in [-0.4, -0.2) is 30.3 Å². The summed E-state index contributed by atoms with van der Waals surface area (Å²) < 4.78 is 38.5. The van der Waals surface area contributed by atoms with Gasteiger partial charge in [-0.25, -0.2) is 0 Å². The molecule has 3 rings (SSSR count). The monoisotopic (exact) mass is 355 g/mol. The van der Waals surface area contributed by atoms with Crippen LogP contribution in [0.15, 0.2) is 30.3 Å². The number of halogens is 4. The fourth-order valence-electron chi connectivity index (χ4n) is 3.10. The highest BCUT2D eigenvalue weighted by atomic mass is 35.5. The van der Waals surface area contributed by atoms with Crippen molar-refractivity contribution in [1.82, 2.24) is 0 Å². The van der Waals surface area contributed by atoms with Crippen LogP contribution in [0.3, 0.4) is 0 Å². The zero-order valence-corrected chi connectivity index (χ0v) is 13.4. The molecule has 0 saturated heterocycles. The summed E-state index contributed by atoms with van der Waals surface area (Å²) in [6.07, 6.45) is -4.95. The van der Waals surface area contributed by atoms with Gasteiger partial charge in [0.15, 0.2) is 5.78 Å². The number of hydrogen-bond acceptors (Lipinski definition) is 2. The van der Waals surface area contributed by atoms with Crippen LogP contribution in [0.5, 0.6) is 0 Å². The second-order valence-corrected chi connectivity index (χ2v) is 6.06. The van der Waals surface area contributed by atoms with Crippen molar-refractivity contribution in [3.05, 3.63) is 41.5 Å². The van der Waals surface area contributed by atoms with Crippen LogP contribution in [-0.2, 0) is 4.79 Å². The van der Waals surface area contributed by atoms with Gasteiger partial charge in [-0.3, -0.25) is 9.59 Å². The molecule has 0 fully saturated rings. The molecule has 2 aromatic carbocycles. The average molecular weight is 356 g/mol. The third kappa shape index (κ3) is 2.65. The second-order valence-electron chi connectivity index (χ2n) is 5.76. The lowest BCUT2D eigenvalue weighted by molar-refractivity contribution is -0.170. The van der Waals surface area contributed by atoms with Gasteiger partial charge in [0, 0.05) is 29.6 Å². The highest BCUT2D eigenvalue weighted by Crippen LogP contribution is 2.43. The first-order chi connectivity index (χ1) is 11.2. The third-order valence-electron chi connectivity index (χ3n) is 4.22. The van der Waals surface area contributed by atoms with Crippen LogP contribution in [0.1, 0.15) is 28.8 Å². The van der Waals surface area contributed by atoms with Gasteiger partial charge in [0.2, 0.25) is 0 Å². The molecule has 0 radical (unpaired) electrons. The number of Topliss-reactive ketones (excluding diaryl/α,β-unsaturated/α-hetero) is 1. The lowest BCUT2D eigenvalue weighted by atomic mass is 9.94. The van der Waals surface area contributed by atoms with Crippen molar-refractivity contribution >= 4 is 39.8 Å². The molecule has 3 nitrogen and oxygen atoms in total. The number of nitrogens with zero attached hydrogens (tertiary/aromatic N) is 1. The number of benzene rings is 2. The molecule has 1 unspecified atom stereocenters. The predicted octanol–water partition coefficient (Wildman–Crippen LogP) is 4.27. The van der Waals surface area contributed by atoms with E-state index in [-0.39, 0.29) is 23.9 Å². The Kier molecular flexibility index (Phi) is 4.03. The smallest absolute Gasteiger partial charge is 0.304 e. The van der Waals surface area contributed by atoms with Gasteiger partial charge < -0.3 is 4.90 Å². The Balaban J connectivity index is 2.22. The van der Waals surface area contributed by atoms with Crippen LogP contribution < -0.4 is 4.90 Å². The number of hydrogen-bond donors (Lipinski definition) is 0. The average Bonchev–Trinajstić information content (AvgIpc) is 2.91. The van der Waals surface area contributed by atoms with E-state index in [0.29, 0.717) is 16.5 Å². The second kappa shape index (κ2) is 5.77. The van der Waals surface area contributed by atoms with E-state index in [1.54, 1.807) is 24.3 Å². The number of carbonyl (C=O) groups is 2. The Labute approximate surface area is 141 Å². The number of amides is 1. The zero-order chi connectivity index (χ0) is 17.6. The first-order valence-electron chi connectivity index (χ1n) is 7.26. The molecule has 0 N–H and O–H groups in total. The number of anilines is 1. The maximum Gasteiger partial charge on any atom is 0.471 e. The lowest BCUT2D eigenvalue weighted by Crippen LogP contribution is -2.40. The van der Waals surface area contributed by atoms with Crippen molar-refractivity contribution in [3.63, 3.8) is 0 Å². The maximum absolute atomic E-state index is 12.8. The SMILES string of the molecule is CC(=O)c1ccc2ccc3c(c2c1)C(CCl)CN3C(=O)C(F)(F)F. The van der Waals surface area contributed by atoms with Gasteiger partial charge in [0.1, 0.15) is 0 Å². The Bertz CT molecular complexity index is 848. The van der Waals surface area contributed by atoms with Crippen LogP contribution in [0.4, 0.5) is 18.9 Å². The normalized spacial score (nSPS) is 17.2. The van der Waals surface area contributed by atoms with Crippen molar-refractivity contribution in [2.75, 3.05) is 17.3 Å². The summed E-state index contributed by atoms with van der Waals surface area (Å²) in [5.74, 6) is -2.38. The largest absolute Gasteiger partial charge is 0.471 e. The van der Waals surface area contributed by atoms with E-state index >= 15 is 0 Å². The number of carbonyl (C=O) groups excluding carboxylic acids is 2. The molecule has 126 valence electrons. The molecular formula is C17H13ClF3NO2. The lowest BCUT2D eigenvalue weighted by Gasteiger charge is -2.19. The van der Waals surface area contributed by atoms with E-state index in [4.69, 9.17) is 11.6 Å². The molecule has 0 aliphatic carbocycles. The molecule has 0 aromatic heterocycles. The summed E-state index contributed by atoms with van der Waals surface area (Å²) in [6.45, 7) is 1.30. The van der Waals surface area contributed by atoms with Gasteiger partial charge in [0.25, 0.3) is 0 Å². The number of alkyl halides is 4. The predicted molar refractivity (Wildman–Crippen MR) is 85.8 cm³/mol. The van der Waals surface area contributed by atoms with E-state index in [2.05, 4.69) is 0 Å². The van der Waals surface area contributed by atoms with Crippen LogP contribution in [0.25, 0.3) is 10.8 Å². The Morgan fingerprint density at radius 2 is 1.92 bits per heavy atom. The quantitative estimate of drug-likeness (QED) is 0.596. The Morgan fingerprint density at radius 3 is 2.50 bits per heavy atom. The summed E-state index contributed by atoms with van der Waals surface area (Å²) in [7, 11) is 0. The third-order valence-corrected chi connectivity index (χ3v) is 4.60. The van der Waals surface area contributed by atoms with E-state index in [0.717, 1.165) is 10.3 Å². The summed E-state index contributed by atoms with van der Waals surface area (Å²) in [6, 6.07) is 8.20. The van der Waals surface area contributed by atoms with Crippen LogP contribution in [0, 0.1) is 0 Å². The summed E-state index contributed by atoms with van der Waals surface area (Å²) in [5.41, 5.74) is 1.25. The molecule has 1 aliphatic rings. The maximum atomic E-state index is 12.8. The first-order valence-corrected chi connectivity index (χ1v) is 7.79.